The predicted octanol–water partition coefficient (Wildman–Crippen LogP) is 3.39. The third-order valence-electron chi connectivity index (χ3n) is 4.86. The van der Waals surface area contributed by atoms with Gasteiger partial charge < -0.3 is 15.7 Å². The molecule has 0 fully saturated rings. The average molecular weight is 630 g/mol. The van der Waals surface area contributed by atoms with Crippen LogP contribution in [0.25, 0.3) is 10.7 Å². The molecule has 198 valence electrons. The molecule has 3 rings (SSSR count). The monoisotopic (exact) mass is 628 g/mol. The molecule has 0 saturated heterocycles. The maximum Gasteiger partial charge on any atom is 0.284 e. The van der Waals surface area contributed by atoms with Crippen LogP contribution in [0, 0.1) is 10.1 Å². The molecule has 0 saturated carbocycles. The van der Waals surface area contributed by atoms with Crippen LogP contribution < -0.4 is 15.4 Å². The molecule has 15 heteroatoms. The Labute approximate surface area is 233 Å². The fourth-order valence-corrected chi connectivity index (χ4v) is 5.82. The lowest BCUT2D eigenvalue weighted by Gasteiger charge is -2.20. The molecular weight excluding hydrogens is 604 g/mol. The van der Waals surface area contributed by atoms with Crippen molar-refractivity contribution < 1.29 is 19.6 Å². The van der Waals surface area contributed by atoms with Crippen molar-refractivity contribution in [3.63, 3.8) is 0 Å². The van der Waals surface area contributed by atoms with Crippen LogP contribution in [-0.4, -0.2) is 62.4 Å². The van der Waals surface area contributed by atoms with Gasteiger partial charge in [-0.15, -0.1) is 22.7 Å². The molecule has 2 heterocycles. The number of nitrogens with zero attached hydrogens (tertiary/aromatic N) is 3. The summed E-state index contributed by atoms with van der Waals surface area (Å²) in [7, 11) is 0. The molecular formula is C22H25BrN6O5S3. The van der Waals surface area contributed by atoms with E-state index in [-0.39, 0.29) is 18.1 Å². The van der Waals surface area contributed by atoms with E-state index in [0.29, 0.717) is 34.3 Å². The molecule has 0 aliphatic carbocycles. The summed E-state index contributed by atoms with van der Waals surface area (Å²) < 4.78 is 2.83. The van der Waals surface area contributed by atoms with Crippen molar-refractivity contribution in [2.45, 2.75) is 36.8 Å². The van der Waals surface area contributed by atoms with Gasteiger partial charge in [0.15, 0.2) is 0 Å². The van der Waals surface area contributed by atoms with Gasteiger partial charge in [-0.25, -0.2) is 14.7 Å². The summed E-state index contributed by atoms with van der Waals surface area (Å²) in [5.74, 6) is -0.656. The van der Waals surface area contributed by atoms with Gasteiger partial charge in [-0.1, -0.05) is 28.1 Å². The number of para-hydroxylation sites is 1. The molecule has 2 amide bonds. The maximum absolute atomic E-state index is 12.7. The second kappa shape index (κ2) is 14.5. The topological polar surface area (TPSA) is 159 Å². The van der Waals surface area contributed by atoms with E-state index in [1.165, 1.54) is 35.7 Å². The number of carbonyl (C=O) groups excluding carboxylic acids is 2. The molecule has 4 N–H and O–H groups in total. The smallest absolute Gasteiger partial charge is 0.284 e. The number of halogens is 1. The molecule has 2 atom stereocenters. The lowest BCUT2D eigenvalue weighted by molar-refractivity contribution is -0.387. The zero-order valence-electron chi connectivity index (χ0n) is 19.7. The number of benzene rings is 1. The number of rotatable bonds is 14. The fraction of sp³-hybridized carbons (Fsp3) is 0.364. The zero-order valence-corrected chi connectivity index (χ0v) is 23.7. The fourth-order valence-electron chi connectivity index (χ4n) is 2.97. The van der Waals surface area contributed by atoms with Crippen LogP contribution in [0.4, 0.5) is 5.69 Å². The number of alkyl halides is 1. The van der Waals surface area contributed by atoms with E-state index in [1.807, 2.05) is 5.38 Å². The summed E-state index contributed by atoms with van der Waals surface area (Å²) in [4.78, 5) is 44.8. The molecule has 0 unspecified atom stereocenters. The molecule has 2 aromatic heterocycles. The van der Waals surface area contributed by atoms with Crippen LogP contribution >= 0.6 is 50.6 Å². The van der Waals surface area contributed by atoms with Gasteiger partial charge in [-0.3, -0.25) is 19.7 Å². The minimum Gasteiger partial charge on any atom is -0.391 e. The minimum atomic E-state index is -1.03. The highest BCUT2D eigenvalue weighted by molar-refractivity contribution is 9.09. The van der Waals surface area contributed by atoms with Crippen LogP contribution in [0.5, 0.6) is 0 Å². The molecule has 0 bridgehead atoms. The standard InChI is InChI=1S/C22H25BrN6O5S3/c1-13(30)19(28-37-17-6-3-2-5-16(17)29(33)34)21(32)25-10-7-18-26-15(12-35-18)22-27-14(11-36-22)20(31)24-9-4-8-23/h2-3,5-6,11-13,19,28,30H,4,7-10H2,1H3,(H,24,31)(H,25,32)/t13-,19-/m1/s1. The summed E-state index contributed by atoms with van der Waals surface area (Å²) in [5, 5.41) is 32.6. The Balaban J connectivity index is 1.51. The second-order valence-corrected chi connectivity index (χ2v) is 11.1. The van der Waals surface area contributed by atoms with Gasteiger partial charge in [0.2, 0.25) is 5.91 Å². The minimum absolute atomic E-state index is 0.0908. The van der Waals surface area contributed by atoms with Crippen LogP contribution in [-0.2, 0) is 11.2 Å². The Bertz CT molecular complexity index is 1220. The average Bonchev–Trinajstić information content (AvgIpc) is 3.54. The van der Waals surface area contributed by atoms with E-state index >= 15 is 0 Å². The highest BCUT2D eigenvalue weighted by atomic mass is 79.9. The Kier molecular flexibility index (Phi) is 11.4. The molecule has 0 radical (unpaired) electrons. The summed E-state index contributed by atoms with van der Waals surface area (Å²) in [5.41, 5.74) is 0.930. The van der Waals surface area contributed by atoms with Crippen molar-refractivity contribution >= 4 is 68.1 Å². The quantitative estimate of drug-likeness (QED) is 0.0689. The summed E-state index contributed by atoms with van der Waals surface area (Å²) in [6.45, 7) is 2.32. The van der Waals surface area contributed by atoms with Gasteiger partial charge in [-0.2, -0.15) is 0 Å². The first-order valence-corrected chi connectivity index (χ1v) is 14.9. The number of nitro benzene ring substituents is 1. The lowest BCUT2D eigenvalue weighted by Crippen LogP contribution is -2.48. The first kappa shape index (κ1) is 29.1. The number of aliphatic hydroxyl groups excluding tert-OH is 1. The van der Waals surface area contributed by atoms with Gasteiger partial charge in [0.1, 0.15) is 27.3 Å². The van der Waals surface area contributed by atoms with Crippen LogP contribution in [0.3, 0.4) is 0 Å². The van der Waals surface area contributed by atoms with E-state index < -0.39 is 23.0 Å². The van der Waals surface area contributed by atoms with E-state index in [2.05, 4.69) is 41.3 Å². The van der Waals surface area contributed by atoms with E-state index in [0.717, 1.165) is 28.7 Å². The summed E-state index contributed by atoms with van der Waals surface area (Å²) in [6, 6.07) is 5.17. The summed E-state index contributed by atoms with van der Waals surface area (Å²) >= 11 is 7.01. The number of thiazole rings is 2. The highest BCUT2D eigenvalue weighted by Crippen LogP contribution is 2.27. The van der Waals surface area contributed by atoms with E-state index in [1.54, 1.807) is 23.6 Å². The zero-order chi connectivity index (χ0) is 26.8. The third-order valence-corrected chi connectivity index (χ3v) is 8.14. The van der Waals surface area contributed by atoms with Crippen LogP contribution in [0.1, 0.15) is 28.8 Å². The molecule has 3 aromatic rings. The predicted molar refractivity (Wildman–Crippen MR) is 148 cm³/mol. The second-order valence-electron chi connectivity index (χ2n) is 7.67. The van der Waals surface area contributed by atoms with E-state index in [4.69, 9.17) is 0 Å². The Hall–Kier alpha value is -2.43. The Morgan fingerprint density at radius 1 is 1.19 bits per heavy atom. The van der Waals surface area contributed by atoms with Gasteiger partial charge in [0.25, 0.3) is 11.6 Å². The number of nitro groups is 1. The highest BCUT2D eigenvalue weighted by Gasteiger charge is 2.25. The number of amides is 2. The lowest BCUT2D eigenvalue weighted by atomic mass is 10.2. The number of aromatic nitrogens is 2. The van der Waals surface area contributed by atoms with Crippen molar-refractivity contribution in [2.24, 2.45) is 0 Å². The van der Waals surface area contributed by atoms with Crippen LogP contribution in [0.15, 0.2) is 39.9 Å². The van der Waals surface area contributed by atoms with Crippen molar-refractivity contribution in [3.8, 4) is 10.7 Å². The van der Waals surface area contributed by atoms with Crippen molar-refractivity contribution in [1.82, 2.24) is 25.3 Å². The first-order valence-electron chi connectivity index (χ1n) is 11.2. The number of carbonyl (C=O) groups is 2. The molecule has 11 nitrogen and oxygen atoms in total. The van der Waals surface area contributed by atoms with Crippen molar-refractivity contribution in [2.75, 3.05) is 18.4 Å². The number of hydrogen-bond acceptors (Lipinski definition) is 11. The SMILES string of the molecule is C[C@@H](O)[C@@H](NSc1ccccc1[N+](=O)[O-])C(=O)NCCc1nc(-c2nc(C(=O)NCCCBr)cs2)cs1. The van der Waals surface area contributed by atoms with Gasteiger partial charge in [0.05, 0.1) is 16.0 Å². The van der Waals surface area contributed by atoms with Crippen LogP contribution in [0.2, 0.25) is 0 Å². The maximum atomic E-state index is 12.7. The number of aliphatic hydroxyl groups is 1. The third kappa shape index (κ3) is 8.55. The number of hydrogen-bond donors (Lipinski definition) is 4. The van der Waals surface area contributed by atoms with Gasteiger partial charge in [-0.05, 0) is 31.4 Å². The normalized spacial score (nSPS) is 12.6. The van der Waals surface area contributed by atoms with Gasteiger partial charge in [0, 0.05) is 41.7 Å². The molecule has 0 aliphatic rings. The van der Waals surface area contributed by atoms with Gasteiger partial charge >= 0.3 is 0 Å². The molecule has 0 spiro atoms. The molecule has 0 aliphatic heterocycles. The number of nitrogens with one attached hydrogen (secondary N) is 3. The molecule has 37 heavy (non-hydrogen) atoms. The Morgan fingerprint density at radius 3 is 2.70 bits per heavy atom. The van der Waals surface area contributed by atoms with Crippen molar-refractivity contribution in [3.05, 3.63) is 55.8 Å². The largest absolute Gasteiger partial charge is 0.391 e. The molecule has 1 aromatic carbocycles. The first-order chi connectivity index (χ1) is 17.8. The van der Waals surface area contributed by atoms with E-state index in [9.17, 15) is 24.8 Å². The summed E-state index contributed by atoms with van der Waals surface area (Å²) in [6.07, 6.45) is 0.264. The Morgan fingerprint density at radius 2 is 1.97 bits per heavy atom. The van der Waals surface area contributed by atoms with Crippen molar-refractivity contribution in [1.29, 1.82) is 0 Å².